The Bertz CT molecular complexity index is 109. The fraction of sp³-hybridized carbons (Fsp3) is 0.818. The van der Waals surface area contributed by atoms with E-state index in [0.717, 1.165) is 11.8 Å². The molecule has 0 bridgehead atoms. The Morgan fingerprint density at radius 1 is 0.909 bits per heavy atom. The maximum absolute atomic E-state index is 2.34. The maximum Gasteiger partial charge on any atom is -0.0259 e. The van der Waals surface area contributed by atoms with Crippen molar-refractivity contribution in [1.29, 1.82) is 0 Å². The van der Waals surface area contributed by atoms with Crippen LogP contribution in [0.1, 0.15) is 41.0 Å². The largest absolute Gasteiger partial charge is 0.0857 e. The Balaban J connectivity index is 3.59. The molecule has 0 spiro atoms. The molecule has 1 atom stereocenters. The van der Waals surface area contributed by atoms with E-state index >= 15 is 0 Å². The van der Waals surface area contributed by atoms with Crippen molar-refractivity contribution in [2.45, 2.75) is 41.0 Å². The van der Waals surface area contributed by atoms with Gasteiger partial charge in [-0.1, -0.05) is 46.8 Å². The van der Waals surface area contributed by atoms with Gasteiger partial charge in [0.2, 0.25) is 0 Å². The van der Waals surface area contributed by atoms with Crippen molar-refractivity contribution >= 4 is 0 Å². The predicted octanol–water partition coefficient (Wildman–Crippen LogP) is 3.88. The monoisotopic (exact) mass is 154 g/mol. The summed E-state index contributed by atoms with van der Waals surface area (Å²) in [6.45, 7) is 11.3. The SMILES string of the molecule is CC(C)/C=C\C(C)CC(C)C. The van der Waals surface area contributed by atoms with E-state index < -0.39 is 0 Å². The predicted molar refractivity (Wildman–Crippen MR) is 52.6 cm³/mol. The van der Waals surface area contributed by atoms with Crippen LogP contribution in [0.5, 0.6) is 0 Å². The minimum Gasteiger partial charge on any atom is -0.0857 e. The summed E-state index contributed by atoms with van der Waals surface area (Å²) in [7, 11) is 0. The third-order valence-electron chi connectivity index (χ3n) is 1.67. The molecule has 0 rings (SSSR count). The summed E-state index contributed by atoms with van der Waals surface area (Å²) in [4.78, 5) is 0. The average Bonchev–Trinajstić information content (AvgIpc) is 1.82. The summed E-state index contributed by atoms with van der Waals surface area (Å²) in [6.07, 6.45) is 5.95. The van der Waals surface area contributed by atoms with Crippen molar-refractivity contribution in [3.63, 3.8) is 0 Å². The molecule has 0 amide bonds. The summed E-state index contributed by atoms with van der Waals surface area (Å²) in [5.74, 6) is 2.27. The van der Waals surface area contributed by atoms with E-state index in [1.165, 1.54) is 6.42 Å². The van der Waals surface area contributed by atoms with Crippen LogP contribution >= 0.6 is 0 Å². The lowest BCUT2D eigenvalue weighted by molar-refractivity contribution is 0.501. The second kappa shape index (κ2) is 5.40. The van der Waals surface area contributed by atoms with Gasteiger partial charge < -0.3 is 0 Å². The molecule has 0 aliphatic carbocycles. The van der Waals surface area contributed by atoms with Crippen molar-refractivity contribution in [3.8, 4) is 0 Å². The van der Waals surface area contributed by atoms with Crippen molar-refractivity contribution in [2.24, 2.45) is 17.8 Å². The smallest absolute Gasteiger partial charge is 0.0259 e. The van der Waals surface area contributed by atoms with Crippen LogP contribution in [0.25, 0.3) is 0 Å². The fourth-order valence-corrected chi connectivity index (χ4v) is 1.23. The molecule has 0 aromatic carbocycles. The van der Waals surface area contributed by atoms with Crippen LogP contribution in [-0.4, -0.2) is 0 Å². The normalized spacial score (nSPS) is 15.2. The minimum atomic E-state index is 0.699. The van der Waals surface area contributed by atoms with Gasteiger partial charge in [0.1, 0.15) is 0 Å². The van der Waals surface area contributed by atoms with Crippen LogP contribution < -0.4 is 0 Å². The van der Waals surface area contributed by atoms with Crippen LogP contribution in [0.2, 0.25) is 0 Å². The van der Waals surface area contributed by atoms with E-state index in [1.807, 2.05) is 0 Å². The van der Waals surface area contributed by atoms with Gasteiger partial charge in [-0.05, 0) is 24.2 Å². The molecular formula is C11H22. The Kier molecular flexibility index (Phi) is 5.27. The highest BCUT2D eigenvalue weighted by atomic mass is 14.1. The molecule has 0 aliphatic heterocycles. The van der Waals surface area contributed by atoms with Gasteiger partial charge in [-0.2, -0.15) is 0 Å². The van der Waals surface area contributed by atoms with Gasteiger partial charge in [0.05, 0.1) is 0 Å². The summed E-state index contributed by atoms with van der Waals surface area (Å²) >= 11 is 0. The van der Waals surface area contributed by atoms with Gasteiger partial charge in [-0.15, -0.1) is 0 Å². The minimum absolute atomic E-state index is 0.699. The quantitative estimate of drug-likeness (QED) is 0.539. The van der Waals surface area contributed by atoms with E-state index in [1.54, 1.807) is 0 Å². The molecule has 0 saturated carbocycles. The van der Waals surface area contributed by atoms with Crippen LogP contribution in [-0.2, 0) is 0 Å². The van der Waals surface area contributed by atoms with Gasteiger partial charge in [0.15, 0.2) is 0 Å². The van der Waals surface area contributed by atoms with E-state index in [-0.39, 0.29) is 0 Å². The lowest BCUT2D eigenvalue weighted by atomic mass is 9.97. The molecule has 0 heterocycles. The standard InChI is InChI=1S/C11H22/c1-9(2)6-7-11(5)8-10(3)4/h6-7,9-11H,8H2,1-5H3/b7-6-. The Morgan fingerprint density at radius 3 is 1.82 bits per heavy atom. The molecule has 0 aliphatic rings. The number of allylic oxidation sites excluding steroid dienone is 2. The molecule has 0 N–H and O–H groups in total. The average molecular weight is 154 g/mol. The molecule has 0 fully saturated rings. The van der Waals surface area contributed by atoms with E-state index in [4.69, 9.17) is 0 Å². The van der Waals surface area contributed by atoms with Crippen molar-refractivity contribution in [3.05, 3.63) is 12.2 Å². The van der Waals surface area contributed by atoms with Crippen LogP contribution in [0.3, 0.4) is 0 Å². The highest BCUT2D eigenvalue weighted by Crippen LogP contribution is 2.12. The van der Waals surface area contributed by atoms with Crippen LogP contribution in [0, 0.1) is 17.8 Å². The fourth-order valence-electron chi connectivity index (χ4n) is 1.23. The van der Waals surface area contributed by atoms with Crippen molar-refractivity contribution in [1.82, 2.24) is 0 Å². The zero-order chi connectivity index (χ0) is 8.85. The van der Waals surface area contributed by atoms with Crippen LogP contribution in [0.4, 0.5) is 0 Å². The lowest BCUT2D eigenvalue weighted by Crippen LogP contribution is -1.96. The third kappa shape index (κ3) is 7.64. The van der Waals surface area contributed by atoms with E-state index in [2.05, 4.69) is 46.8 Å². The van der Waals surface area contributed by atoms with E-state index in [9.17, 15) is 0 Å². The van der Waals surface area contributed by atoms with Gasteiger partial charge in [-0.3, -0.25) is 0 Å². The summed E-state index contributed by atoms with van der Waals surface area (Å²) < 4.78 is 0. The third-order valence-corrected chi connectivity index (χ3v) is 1.67. The first kappa shape index (κ1) is 10.7. The number of rotatable bonds is 4. The molecular weight excluding hydrogens is 132 g/mol. The summed E-state index contributed by atoms with van der Waals surface area (Å²) in [5.41, 5.74) is 0. The second-order valence-corrected chi connectivity index (χ2v) is 4.24. The molecule has 1 unspecified atom stereocenters. The number of hydrogen-bond acceptors (Lipinski definition) is 0. The zero-order valence-electron chi connectivity index (χ0n) is 8.59. The lowest BCUT2D eigenvalue weighted by Gasteiger charge is -2.09. The van der Waals surface area contributed by atoms with Crippen molar-refractivity contribution < 1.29 is 0 Å². The second-order valence-electron chi connectivity index (χ2n) is 4.24. The highest BCUT2D eigenvalue weighted by molar-refractivity contribution is 4.88. The summed E-state index contributed by atoms with van der Waals surface area (Å²) in [6, 6.07) is 0. The Morgan fingerprint density at radius 2 is 1.45 bits per heavy atom. The summed E-state index contributed by atoms with van der Waals surface area (Å²) in [5, 5.41) is 0. The van der Waals surface area contributed by atoms with Gasteiger partial charge in [0, 0.05) is 0 Å². The molecule has 0 aromatic heterocycles. The topological polar surface area (TPSA) is 0 Å². The van der Waals surface area contributed by atoms with Gasteiger partial charge in [0.25, 0.3) is 0 Å². The molecule has 0 aromatic rings. The zero-order valence-corrected chi connectivity index (χ0v) is 8.59. The molecule has 0 heteroatoms. The van der Waals surface area contributed by atoms with E-state index in [0.29, 0.717) is 5.92 Å². The highest BCUT2D eigenvalue weighted by Gasteiger charge is 2.00. The molecule has 11 heavy (non-hydrogen) atoms. The molecule has 66 valence electrons. The molecule has 0 saturated heterocycles. The Hall–Kier alpha value is -0.260. The molecule has 0 nitrogen and oxygen atoms in total. The first-order valence-electron chi connectivity index (χ1n) is 4.70. The Labute approximate surface area is 71.7 Å². The molecule has 0 radical (unpaired) electrons. The first-order chi connectivity index (χ1) is 5.02. The first-order valence-corrected chi connectivity index (χ1v) is 4.70. The number of hydrogen-bond donors (Lipinski definition) is 0. The van der Waals surface area contributed by atoms with Gasteiger partial charge >= 0.3 is 0 Å². The maximum atomic E-state index is 2.34. The van der Waals surface area contributed by atoms with Crippen LogP contribution in [0.15, 0.2) is 12.2 Å². The van der Waals surface area contributed by atoms with Gasteiger partial charge in [-0.25, -0.2) is 0 Å². The van der Waals surface area contributed by atoms with Crippen molar-refractivity contribution in [2.75, 3.05) is 0 Å².